The van der Waals surface area contributed by atoms with Gasteiger partial charge in [-0.05, 0) is 12.1 Å². The third-order valence-electron chi connectivity index (χ3n) is 2.47. The van der Waals surface area contributed by atoms with Crippen molar-refractivity contribution in [1.82, 2.24) is 5.32 Å². The van der Waals surface area contributed by atoms with Gasteiger partial charge in [-0.1, -0.05) is 17.7 Å². The molecular formula is C12H15ClF3NO3S. The summed E-state index contributed by atoms with van der Waals surface area (Å²) in [7, 11) is -3.43. The average molecular weight is 346 g/mol. The van der Waals surface area contributed by atoms with E-state index in [-0.39, 0.29) is 29.6 Å². The molecule has 0 radical (unpaired) electrons. The Hall–Kier alpha value is -0.830. The van der Waals surface area contributed by atoms with Crippen LogP contribution in [0, 0.1) is 0 Å². The molecule has 0 aliphatic carbocycles. The number of halogens is 4. The molecule has 0 bridgehead atoms. The summed E-state index contributed by atoms with van der Waals surface area (Å²) in [5.74, 6) is 0. The second-order valence-electron chi connectivity index (χ2n) is 4.33. The largest absolute Gasteiger partial charge is 0.411 e. The molecular weight excluding hydrogens is 331 g/mol. The molecule has 0 aliphatic rings. The molecule has 0 heterocycles. The van der Waals surface area contributed by atoms with Gasteiger partial charge >= 0.3 is 6.18 Å². The number of alkyl halides is 3. The van der Waals surface area contributed by atoms with E-state index >= 15 is 0 Å². The van der Waals surface area contributed by atoms with E-state index in [2.05, 4.69) is 10.1 Å². The molecule has 120 valence electrons. The normalized spacial score (nSPS) is 12.6. The molecule has 0 spiro atoms. The molecule has 4 nitrogen and oxygen atoms in total. The maximum atomic E-state index is 11.8. The maximum Gasteiger partial charge on any atom is 0.411 e. The first kappa shape index (κ1) is 18.2. The van der Waals surface area contributed by atoms with Crippen molar-refractivity contribution in [2.45, 2.75) is 17.6 Å². The summed E-state index contributed by atoms with van der Waals surface area (Å²) in [5, 5.41) is 3.08. The predicted octanol–water partition coefficient (Wildman–Crippen LogP) is 2.41. The number of nitrogens with one attached hydrogen (secondary N) is 1. The van der Waals surface area contributed by atoms with E-state index < -0.39 is 22.6 Å². The second kappa shape index (κ2) is 7.44. The Kier molecular flexibility index (Phi) is 6.45. The Labute approximate surface area is 126 Å². The van der Waals surface area contributed by atoms with Crippen LogP contribution >= 0.6 is 11.6 Å². The lowest BCUT2D eigenvalue weighted by Crippen LogP contribution is -2.24. The molecule has 0 amide bonds. The standard InChI is InChI=1S/C12H15ClF3NO3S/c1-21(18,19)11-4-2-3-10(13)9(11)7-17-5-6-20-8-12(14,15)16/h2-4,17H,5-8H2,1H3. The zero-order chi connectivity index (χ0) is 16.1. The highest BCUT2D eigenvalue weighted by Gasteiger charge is 2.27. The van der Waals surface area contributed by atoms with Crippen LogP contribution in [0.4, 0.5) is 13.2 Å². The van der Waals surface area contributed by atoms with Crippen LogP contribution in [0.2, 0.25) is 5.02 Å². The summed E-state index contributed by atoms with van der Waals surface area (Å²) in [4.78, 5) is 0.0960. The molecule has 0 saturated carbocycles. The molecule has 1 aromatic rings. The third-order valence-corrected chi connectivity index (χ3v) is 4.00. The molecule has 0 fully saturated rings. The van der Waals surface area contributed by atoms with Gasteiger partial charge in [0.25, 0.3) is 0 Å². The fourth-order valence-electron chi connectivity index (χ4n) is 1.60. The topological polar surface area (TPSA) is 55.4 Å². The van der Waals surface area contributed by atoms with Crippen LogP contribution in [-0.2, 0) is 21.1 Å². The lowest BCUT2D eigenvalue weighted by atomic mass is 10.2. The van der Waals surface area contributed by atoms with Crippen molar-refractivity contribution in [1.29, 1.82) is 0 Å². The highest BCUT2D eigenvalue weighted by atomic mass is 35.5. The van der Waals surface area contributed by atoms with E-state index in [9.17, 15) is 21.6 Å². The third kappa shape index (κ3) is 6.64. The fourth-order valence-corrected chi connectivity index (χ4v) is 2.86. The Morgan fingerprint density at radius 1 is 1.33 bits per heavy atom. The van der Waals surface area contributed by atoms with Crippen LogP contribution in [0.15, 0.2) is 23.1 Å². The minimum absolute atomic E-state index is 0.0960. The van der Waals surface area contributed by atoms with Gasteiger partial charge in [0.05, 0.1) is 11.5 Å². The van der Waals surface area contributed by atoms with Gasteiger partial charge in [-0.25, -0.2) is 8.42 Å². The smallest absolute Gasteiger partial charge is 0.371 e. The van der Waals surface area contributed by atoms with Gasteiger partial charge < -0.3 is 10.1 Å². The Bertz CT molecular complexity index is 576. The summed E-state index contributed by atoms with van der Waals surface area (Å²) in [6, 6.07) is 4.50. The number of sulfone groups is 1. The zero-order valence-corrected chi connectivity index (χ0v) is 12.8. The monoisotopic (exact) mass is 345 g/mol. The molecule has 1 N–H and O–H groups in total. The van der Waals surface area contributed by atoms with E-state index in [0.29, 0.717) is 5.56 Å². The highest BCUT2D eigenvalue weighted by Crippen LogP contribution is 2.23. The second-order valence-corrected chi connectivity index (χ2v) is 6.72. The minimum Gasteiger partial charge on any atom is -0.371 e. The first-order valence-electron chi connectivity index (χ1n) is 5.94. The minimum atomic E-state index is -4.35. The van der Waals surface area contributed by atoms with Gasteiger partial charge in [0, 0.05) is 29.9 Å². The number of hydrogen-bond donors (Lipinski definition) is 1. The molecule has 0 saturated heterocycles. The van der Waals surface area contributed by atoms with Crippen LogP contribution in [0.3, 0.4) is 0 Å². The lowest BCUT2D eigenvalue weighted by molar-refractivity contribution is -0.173. The van der Waals surface area contributed by atoms with Crippen LogP contribution in [0.25, 0.3) is 0 Å². The highest BCUT2D eigenvalue weighted by molar-refractivity contribution is 7.90. The van der Waals surface area contributed by atoms with Crippen molar-refractivity contribution in [2.24, 2.45) is 0 Å². The molecule has 21 heavy (non-hydrogen) atoms. The number of ether oxygens (including phenoxy) is 1. The SMILES string of the molecule is CS(=O)(=O)c1cccc(Cl)c1CNCCOCC(F)(F)F. The van der Waals surface area contributed by atoms with E-state index in [1.807, 2.05) is 0 Å². The Morgan fingerprint density at radius 2 is 2.00 bits per heavy atom. The number of hydrogen-bond acceptors (Lipinski definition) is 4. The molecule has 0 unspecified atom stereocenters. The van der Waals surface area contributed by atoms with E-state index in [0.717, 1.165) is 6.26 Å². The molecule has 0 aromatic heterocycles. The number of benzene rings is 1. The lowest BCUT2D eigenvalue weighted by Gasteiger charge is -2.12. The summed E-state index contributed by atoms with van der Waals surface area (Å²) >= 11 is 5.95. The van der Waals surface area contributed by atoms with E-state index in [1.54, 1.807) is 6.07 Å². The van der Waals surface area contributed by atoms with Crippen molar-refractivity contribution >= 4 is 21.4 Å². The van der Waals surface area contributed by atoms with Crippen molar-refractivity contribution in [3.05, 3.63) is 28.8 Å². The van der Waals surface area contributed by atoms with E-state index in [1.165, 1.54) is 12.1 Å². The van der Waals surface area contributed by atoms with Gasteiger partial charge in [-0.15, -0.1) is 0 Å². The Morgan fingerprint density at radius 3 is 2.57 bits per heavy atom. The van der Waals surface area contributed by atoms with Gasteiger partial charge in [0.2, 0.25) is 0 Å². The molecule has 0 aliphatic heterocycles. The van der Waals surface area contributed by atoms with Crippen molar-refractivity contribution in [3.8, 4) is 0 Å². The van der Waals surface area contributed by atoms with E-state index in [4.69, 9.17) is 11.6 Å². The average Bonchev–Trinajstić information content (AvgIpc) is 2.32. The van der Waals surface area contributed by atoms with Crippen LogP contribution in [0.5, 0.6) is 0 Å². The first-order chi connectivity index (χ1) is 9.61. The van der Waals surface area contributed by atoms with Gasteiger partial charge in [-0.3, -0.25) is 0 Å². The van der Waals surface area contributed by atoms with Crippen molar-refractivity contribution in [2.75, 3.05) is 26.0 Å². The zero-order valence-electron chi connectivity index (χ0n) is 11.2. The van der Waals surface area contributed by atoms with Crippen LogP contribution in [0.1, 0.15) is 5.56 Å². The Balaban J connectivity index is 2.53. The first-order valence-corrected chi connectivity index (χ1v) is 8.21. The van der Waals surface area contributed by atoms with Gasteiger partial charge in [0.15, 0.2) is 9.84 Å². The molecule has 1 aromatic carbocycles. The van der Waals surface area contributed by atoms with Crippen molar-refractivity contribution < 1.29 is 26.3 Å². The van der Waals surface area contributed by atoms with Crippen LogP contribution < -0.4 is 5.32 Å². The van der Waals surface area contributed by atoms with Crippen molar-refractivity contribution in [3.63, 3.8) is 0 Å². The summed E-state index contributed by atoms with van der Waals surface area (Å²) in [6.45, 7) is -1.19. The molecule has 0 atom stereocenters. The quantitative estimate of drug-likeness (QED) is 0.771. The fraction of sp³-hybridized carbons (Fsp3) is 0.500. The summed E-state index contributed by atoms with van der Waals surface area (Å²) < 4.78 is 63.2. The molecule has 1 rings (SSSR count). The molecule has 9 heteroatoms. The van der Waals surface area contributed by atoms with Gasteiger partial charge in [-0.2, -0.15) is 13.2 Å². The predicted molar refractivity (Wildman–Crippen MR) is 73.1 cm³/mol. The van der Waals surface area contributed by atoms with Gasteiger partial charge in [0.1, 0.15) is 6.61 Å². The summed E-state index contributed by atoms with van der Waals surface area (Å²) in [6.07, 6.45) is -3.29. The van der Waals surface area contributed by atoms with Crippen LogP contribution in [-0.4, -0.2) is 40.6 Å². The number of rotatable bonds is 7. The summed E-state index contributed by atoms with van der Waals surface area (Å²) in [5.41, 5.74) is 0.387. The maximum absolute atomic E-state index is 11.8.